The van der Waals surface area contributed by atoms with Gasteiger partial charge in [-0.2, -0.15) is 0 Å². The van der Waals surface area contributed by atoms with Crippen LogP contribution in [0, 0.1) is 5.92 Å². The van der Waals surface area contributed by atoms with Crippen LogP contribution in [0.25, 0.3) is 0 Å². The van der Waals surface area contributed by atoms with Gasteiger partial charge in [0, 0.05) is 22.2 Å². The van der Waals surface area contributed by atoms with Crippen LogP contribution in [-0.4, -0.2) is 18.6 Å². The molecule has 110 valence electrons. The Bertz CT molecular complexity index is 429. The van der Waals surface area contributed by atoms with Crippen LogP contribution < -0.4 is 10.6 Å². The molecule has 1 aromatic carbocycles. The van der Waals surface area contributed by atoms with Crippen LogP contribution in [-0.2, 0) is 0 Å². The van der Waals surface area contributed by atoms with E-state index in [9.17, 15) is 0 Å². The minimum Gasteiger partial charge on any atom is -0.381 e. The molecule has 2 fully saturated rings. The Labute approximate surface area is 130 Å². The Balaban J connectivity index is 1.70. The van der Waals surface area contributed by atoms with Gasteiger partial charge >= 0.3 is 0 Å². The molecule has 2 nitrogen and oxygen atoms in total. The maximum atomic E-state index is 3.81. The summed E-state index contributed by atoms with van der Waals surface area (Å²) in [6.45, 7) is 1.21. The van der Waals surface area contributed by atoms with Gasteiger partial charge in [-0.25, -0.2) is 0 Å². The molecule has 0 bridgehead atoms. The second-order valence-corrected chi connectivity index (χ2v) is 7.09. The number of para-hydroxylation sites is 1. The van der Waals surface area contributed by atoms with Crippen molar-refractivity contribution in [3.05, 3.63) is 28.7 Å². The zero-order valence-corrected chi connectivity index (χ0v) is 13.7. The fourth-order valence-corrected chi connectivity index (χ4v) is 4.24. The van der Waals surface area contributed by atoms with Gasteiger partial charge in [0.25, 0.3) is 0 Å². The summed E-state index contributed by atoms with van der Waals surface area (Å²) in [6.07, 6.45) is 9.56. The lowest BCUT2D eigenvalue weighted by Gasteiger charge is -2.40. The molecule has 20 heavy (non-hydrogen) atoms. The van der Waals surface area contributed by atoms with Crippen molar-refractivity contribution in [2.24, 2.45) is 5.92 Å². The minimum absolute atomic E-state index is 0.623. The molecule has 0 spiro atoms. The topological polar surface area (TPSA) is 24.1 Å². The molecule has 3 atom stereocenters. The van der Waals surface area contributed by atoms with Gasteiger partial charge in [-0.3, -0.25) is 0 Å². The summed E-state index contributed by atoms with van der Waals surface area (Å²) < 4.78 is 1.18. The third-order valence-corrected chi connectivity index (χ3v) is 5.59. The molecular formula is C17H25BrN2. The Hall–Kier alpha value is -0.540. The van der Waals surface area contributed by atoms with E-state index in [1.54, 1.807) is 0 Å². The molecule has 3 heteroatoms. The van der Waals surface area contributed by atoms with Gasteiger partial charge in [0.15, 0.2) is 0 Å². The molecule has 0 amide bonds. The fourth-order valence-electron chi connectivity index (χ4n) is 3.84. The summed E-state index contributed by atoms with van der Waals surface area (Å²) in [4.78, 5) is 0. The third-order valence-electron chi connectivity index (χ3n) is 4.90. The predicted octanol–water partition coefficient (Wildman–Crippen LogP) is 4.56. The Morgan fingerprint density at radius 2 is 1.80 bits per heavy atom. The highest BCUT2D eigenvalue weighted by Crippen LogP contribution is 2.33. The quantitative estimate of drug-likeness (QED) is 0.845. The minimum atomic E-state index is 0.623. The van der Waals surface area contributed by atoms with Gasteiger partial charge in [0.1, 0.15) is 0 Å². The van der Waals surface area contributed by atoms with Crippen molar-refractivity contribution in [1.82, 2.24) is 5.32 Å². The number of benzene rings is 1. The average Bonchev–Trinajstić information content (AvgIpc) is 2.51. The molecule has 1 saturated carbocycles. The van der Waals surface area contributed by atoms with Crippen molar-refractivity contribution in [2.45, 2.75) is 57.0 Å². The molecule has 0 radical (unpaired) electrons. The van der Waals surface area contributed by atoms with Crippen LogP contribution in [0.4, 0.5) is 5.69 Å². The lowest BCUT2D eigenvalue weighted by atomic mass is 9.77. The van der Waals surface area contributed by atoms with Crippen molar-refractivity contribution in [3.8, 4) is 0 Å². The number of rotatable bonds is 3. The SMILES string of the molecule is Brc1ccccc1NC1CCCCC1C1CCCCN1. The number of hydrogen-bond acceptors (Lipinski definition) is 2. The van der Waals surface area contributed by atoms with Crippen LogP contribution in [0.1, 0.15) is 44.9 Å². The van der Waals surface area contributed by atoms with E-state index in [0.29, 0.717) is 6.04 Å². The molecular weight excluding hydrogens is 312 g/mol. The zero-order valence-electron chi connectivity index (χ0n) is 12.1. The molecule has 1 aliphatic carbocycles. The van der Waals surface area contributed by atoms with Gasteiger partial charge < -0.3 is 10.6 Å². The summed E-state index contributed by atoms with van der Waals surface area (Å²) in [5.41, 5.74) is 1.25. The van der Waals surface area contributed by atoms with Gasteiger partial charge in [-0.1, -0.05) is 31.4 Å². The second-order valence-electron chi connectivity index (χ2n) is 6.24. The summed E-state index contributed by atoms with van der Waals surface area (Å²) in [6, 6.07) is 9.85. The Kier molecular flexibility index (Phi) is 5.00. The maximum absolute atomic E-state index is 3.81. The summed E-state index contributed by atoms with van der Waals surface area (Å²) in [5.74, 6) is 0.788. The van der Waals surface area contributed by atoms with Crippen LogP contribution in [0.5, 0.6) is 0 Å². The fraction of sp³-hybridized carbons (Fsp3) is 0.647. The first-order valence-electron chi connectivity index (χ1n) is 8.09. The Morgan fingerprint density at radius 1 is 1.00 bits per heavy atom. The molecule has 0 aromatic heterocycles. The molecule has 1 saturated heterocycles. The van der Waals surface area contributed by atoms with Crippen molar-refractivity contribution in [1.29, 1.82) is 0 Å². The number of piperidine rings is 1. The second kappa shape index (κ2) is 6.95. The normalized spacial score (nSPS) is 30.9. The van der Waals surface area contributed by atoms with Crippen LogP contribution in [0.3, 0.4) is 0 Å². The summed E-state index contributed by atoms with van der Waals surface area (Å²) in [5, 5.41) is 7.58. The van der Waals surface area contributed by atoms with E-state index in [2.05, 4.69) is 50.8 Å². The monoisotopic (exact) mass is 336 g/mol. The molecule has 1 heterocycles. The van der Waals surface area contributed by atoms with E-state index in [1.807, 2.05) is 0 Å². The largest absolute Gasteiger partial charge is 0.381 e. The van der Waals surface area contributed by atoms with Crippen molar-refractivity contribution in [3.63, 3.8) is 0 Å². The molecule has 1 aliphatic heterocycles. The lowest BCUT2D eigenvalue weighted by molar-refractivity contribution is 0.217. The average molecular weight is 337 g/mol. The molecule has 2 aliphatic rings. The number of hydrogen-bond donors (Lipinski definition) is 2. The molecule has 1 aromatic rings. The van der Waals surface area contributed by atoms with Crippen molar-refractivity contribution >= 4 is 21.6 Å². The number of nitrogens with one attached hydrogen (secondary N) is 2. The van der Waals surface area contributed by atoms with Crippen LogP contribution >= 0.6 is 15.9 Å². The Morgan fingerprint density at radius 3 is 2.60 bits per heavy atom. The van der Waals surface area contributed by atoms with Crippen LogP contribution in [0.15, 0.2) is 28.7 Å². The molecule has 3 unspecified atom stereocenters. The standard InChI is InChI=1S/C17H25BrN2/c18-14-8-2-4-11-17(14)20-16-10-3-1-7-13(16)15-9-5-6-12-19-15/h2,4,8,11,13,15-16,19-20H,1,3,5-7,9-10,12H2. The predicted molar refractivity (Wildman–Crippen MR) is 89.2 cm³/mol. The van der Waals surface area contributed by atoms with E-state index in [4.69, 9.17) is 0 Å². The van der Waals surface area contributed by atoms with Gasteiger partial charge in [-0.15, -0.1) is 0 Å². The van der Waals surface area contributed by atoms with Crippen LogP contribution in [0.2, 0.25) is 0 Å². The molecule has 3 rings (SSSR count). The van der Waals surface area contributed by atoms with E-state index in [0.717, 1.165) is 12.0 Å². The smallest absolute Gasteiger partial charge is 0.0486 e. The van der Waals surface area contributed by atoms with Gasteiger partial charge in [-0.05, 0) is 66.2 Å². The highest BCUT2D eigenvalue weighted by Gasteiger charge is 2.32. The van der Waals surface area contributed by atoms with Crippen molar-refractivity contribution in [2.75, 3.05) is 11.9 Å². The van der Waals surface area contributed by atoms with Gasteiger partial charge in [0.05, 0.1) is 0 Å². The first kappa shape index (κ1) is 14.4. The third kappa shape index (κ3) is 3.37. The van der Waals surface area contributed by atoms with E-state index >= 15 is 0 Å². The first-order valence-corrected chi connectivity index (χ1v) is 8.88. The number of halogens is 1. The maximum Gasteiger partial charge on any atom is 0.0486 e. The first-order chi connectivity index (χ1) is 9.84. The molecule has 2 N–H and O–H groups in total. The van der Waals surface area contributed by atoms with E-state index < -0.39 is 0 Å². The summed E-state index contributed by atoms with van der Waals surface area (Å²) in [7, 11) is 0. The van der Waals surface area contributed by atoms with E-state index in [-0.39, 0.29) is 0 Å². The van der Waals surface area contributed by atoms with Crippen molar-refractivity contribution < 1.29 is 0 Å². The summed E-state index contributed by atoms with van der Waals surface area (Å²) >= 11 is 3.66. The number of anilines is 1. The lowest BCUT2D eigenvalue weighted by Crippen LogP contribution is -2.48. The zero-order chi connectivity index (χ0) is 13.8. The highest BCUT2D eigenvalue weighted by molar-refractivity contribution is 9.10. The van der Waals surface area contributed by atoms with Gasteiger partial charge in [0.2, 0.25) is 0 Å². The van der Waals surface area contributed by atoms with E-state index in [1.165, 1.54) is 61.7 Å². The highest BCUT2D eigenvalue weighted by atomic mass is 79.9.